The number of halogens is 1. The fourth-order valence-electron chi connectivity index (χ4n) is 4.16. The molecule has 1 aliphatic rings. The summed E-state index contributed by atoms with van der Waals surface area (Å²) < 4.78 is 5.88. The minimum atomic E-state index is -0.555. The van der Waals surface area contributed by atoms with E-state index in [1.807, 2.05) is 51.1 Å². The molecule has 0 aromatic heterocycles. The molecule has 2 aromatic rings. The summed E-state index contributed by atoms with van der Waals surface area (Å²) in [5, 5.41) is 3.79. The van der Waals surface area contributed by atoms with Crippen LogP contribution in [-0.4, -0.2) is 35.4 Å². The number of rotatable bonds is 9. The Bertz CT molecular complexity index is 923. The molecule has 1 fully saturated rings. The topological polar surface area (TPSA) is 58.6 Å². The minimum absolute atomic E-state index is 0.0894. The van der Waals surface area contributed by atoms with Gasteiger partial charge in [-0.1, -0.05) is 55.6 Å². The zero-order valence-electron chi connectivity index (χ0n) is 19.2. The molecule has 0 heterocycles. The molecule has 0 unspecified atom stereocenters. The third-order valence-electron chi connectivity index (χ3n) is 6.05. The van der Waals surface area contributed by atoms with Gasteiger partial charge < -0.3 is 15.0 Å². The Kier molecular flexibility index (Phi) is 8.57. The van der Waals surface area contributed by atoms with Gasteiger partial charge in [-0.25, -0.2) is 0 Å². The maximum atomic E-state index is 13.3. The summed E-state index contributed by atoms with van der Waals surface area (Å²) >= 11 is 6.03. The second kappa shape index (κ2) is 11.4. The number of hydrogen-bond acceptors (Lipinski definition) is 3. The van der Waals surface area contributed by atoms with E-state index < -0.39 is 6.04 Å². The Balaban J connectivity index is 1.77. The highest BCUT2D eigenvalue weighted by molar-refractivity contribution is 6.30. The number of aryl methyl sites for hydroxylation is 2. The van der Waals surface area contributed by atoms with Gasteiger partial charge in [0.25, 0.3) is 5.91 Å². The second-order valence-electron chi connectivity index (χ2n) is 8.62. The molecule has 2 aromatic carbocycles. The fraction of sp³-hybridized carbons (Fsp3) is 0.462. The summed E-state index contributed by atoms with van der Waals surface area (Å²) in [5.41, 5.74) is 2.96. The first-order valence-electron chi connectivity index (χ1n) is 11.4. The molecule has 1 N–H and O–H groups in total. The zero-order chi connectivity index (χ0) is 23.1. The number of amides is 2. The third-order valence-corrected chi connectivity index (χ3v) is 6.30. The average Bonchev–Trinajstić information content (AvgIpc) is 3.28. The first kappa shape index (κ1) is 24.1. The first-order chi connectivity index (χ1) is 15.4. The molecule has 1 atom stereocenters. The average molecular weight is 457 g/mol. The molecule has 5 nitrogen and oxygen atoms in total. The van der Waals surface area contributed by atoms with E-state index in [-0.39, 0.29) is 24.5 Å². The summed E-state index contributed by atoms with van der Waals surface area (Å²) in [6.45, 7) is 6.08. The lowest BCUT2D eigenvalue weighted by atomic mass is 10.1. The normalized spacial score (nSPS) is 14.8. The summed E-state index contributed by atoms with van der Waals surface area (Å²) in [7, 11) is 0. The van der Waals surface area contributed by atoms with Gasteiger partial charge in [-0.3, -0.25) is 9.59 Å². The lowest BCUT2D eigenvalue weighted by molar-refractivity contribution is -0.143. The van der Waals surface area contributed by atoms with Crippen molar-refractivity contribution in [1.82, 2.24) is 10.2 Å². The molecule has 3 rings (SSSR count). The quantitative estimate of drug-likeness (QED) is 0.564. The largest absolute Gasteiger partial charge is 0.483 e. The Hall–Kier alpha value is -2.53. The molecule has 0 bridgehead atoms. The number of carbonyl (C=O) groups is 2. The molecule has 32 heavy (non-hydrogen) atoms. The summed E-state index contributed by atoms with van der Waals surface area (Å²) in [6, 6.07) is 12.9. The predicted molar refractivity (Wildman–Crippen MR) is 128 cm³/mol. The van der Waals surface area contributed by atoms with Gasteiger partial charge in [0.15, 0.2) is 6.61 Å². The van der Waals surface area contributed by atoms with E-state index in [2.05, 4.69) is 5.32 Å². The van der Waals surface area contributed by atoms with Gasteiger partial charge in [0.2, 0.25) is 5.91 Å². The van der Waals surface area contributed by atoms with E-state index in [9.17, 15) is 9.59 Å². The molecule has 172 valence electrons. The summed E-state index contributed by atoms with van der Waals surface area (Å²) in [6.07, 6.45) is 4.81. The van der Waals surface area contributed by atoms with Crippen molar-refractivity contribution >= 4 is 23.4 Å². The molecule has 0 radical (unpaired) electrons. The molecule has 2 amide bonds. The van der Waals surface area contributed by atoms with Crippen LogP contribution >= 0.6 is 11.6 Å². The summed E-state index contributed by atoms with van der Waals surface area (Å²) in [5.74, 6) is 0.385. The van der Waals surface area contributed by atoms with Gasteiger partial charge in [-0.15, -0.1) is 0 Å². The van der Waals surface area contributed by atoms with Crippen LogP contribution in [0.4, 0.5) is 0 Å². The van der Waals surface area contributed by atoms with Crippen molar-refractivity contribution in [2.45, 2.75) is 71.5 Å². The SMILES string of the molecule is CC[C@@H](C(=O)NC1CCCC1)N(Cc1ccc(Cl)cc1)C(=O)COc1cc(C)ccc1C. The number of benzene rings is 2. The van der Waals surface area contributed by atoms with Crippen molar-refractivity contribution < 1.29 is 14.3 Å². The van der Waals surface area contributed by atoms with Crippen LogP contribution in [0.2, 0.25) is 5.02 Å². The van der Waals surface area contributed by atoms with Crippen LogP contribution in [0.1, 0.15) is 55.7 Å². The molecule has 0 saturated heterocycles. The van der Waals surface area contributed by atoms with Crippen molar-refractivity contribution in [3.63, 3.8) is 0 Å². The Morgan fingerprint density at radius 3 is 2.47 bits per heavy atom. The highest BCUT2D eigenvalue weighted by atomic mass is 35.5. The van der Waals surface area contributed by atoms with Crippen LogP contribution < -0.4 is 10.1 Å². The Morgan fingerprint density at radius 2 is 1.81 bits per heavy atom. The van der Waals surface area contributed by atoms with Crippen LogP contribution in [0.25, 0.3) is 0 Å². The lowest BCUT2D eigenvalue weighted by Crippen LogP contribution is -2.52. The maximum Gasteiger partial charge on any atom is 0.261 e. The number of nitrogens with one attached hydrogen (secondary N) is 1. The van der Waals surface area contributed by atoms with Gasteiger partial charge in [0.1, 0.15) is 11.8 Å². The lowest BCUT2D eigenvalue weighted by Gasteiger charge is -2.31. The monoisotopic (exact) mass is 456 g/mol. The molecule has 1 aliphatic carbocycles. The van der Waals surface area contributed by atoms with Crippen molar-refractivity contribution in [3.8, 4) is 5.75 Å². The number of nitrogens with zero attached hydrogens (tertiary/aromatic N) is 1. The van der Waals surface area contributed by atoms with Gasteiger partial charge in [-0.2, -0.15) is 0 Å². The number of carbonyl (C=O) groups excluding carboxylic acids is 2. The number of ether oxygens (including phenoxy) is 1. The van der Waals surface area contributed by atoms with Crippen LogP contribution in [0.3, 0.4) is 0 Å². The standard InChI is InChI=1S/C26H33ClN2O3/c1-4-23(26(31)28-22-7-5-6-8-22)29(16-20-11-13-21(27)14-12-20)25(30)17-32-24-15-18(2)9-10-19(24)3/h9-15,22-23H,4-8,16-17H2,1-3H3,(H,28,31)/t23-/m0/s1. The number of hydrogen-bond donors (Lipinski definition) is 1. The van der Waals surface area contributed by atoms with Gasteiger partial charge in [0, 0.05) is 17.6 Å². The van der Waals surface area contributed by atoms with E-state index in [0.717, 1.165) is 42.4 Å². The van der Waals surface area contributed by atoms with E-state index in [0.29, 0.717) is 23.7 Å². The molecule has 0 spiro atoms. The van der Waals surface area contributed by atoms with Crippen molar-refractivity contribution in [2.24, 2.45) is 0 Å². The predicted octanol–water partition coefficient (Wildman–Crippen LogP) is 5.20. The van der Waals surface area contributed by atoms with Crippen LogP contribution in [0.5, 0.6) is 5.75 Å². The molecule has 1 saturated carbocycles. The van der Waals surface area contributed by atoms with E-state index >= 15 is 0 Å². The molecular weight excluding hydrogens is 424 g/mol. The first-order valence-corrected chi connectivity index (χ1v) is 11.8. The van der Waals surface area contributed by atoms with Crippen molar-refractivity contribution in [1.29, 1.82) is 0 Å². The van der Waals surface area contributed by atoms with Gasteiger partial charge in [0.05, 0.1) is 0 Å². The van der Waals surface area contributed by atoms with Crippen molar-refractivity contribution in [3.05, 3.63) is 64.2 Å². The molecule has 6 heteroatoms. The smallest absolute Gasteiger partial charge is 0.261 e. The van der Waals surface area contributed by atoms with Gasteiger partial charge in [-0.05, 0) is 68.0 Å². The molecular formula is C26H33ClN2O3. The highest BCUT2D eigenvalue weighted by Gasteiger charge is 2.30. The van der Waals surface area contributed by atoms with Crippen molar-refractivity contribution in [2.75, 3.05) is 6.61 Å². The fourth-order valence-corrected chi connectivity index (χ4v) is 4.28. The second-order valence-corrected chi connectivity index (χ2v) is 9.06. The van der Waals surface area contributed by atoms with E-state index in [1.54, 1.807) is 17.0 Å². The van der Waals surface area contributed by atoms with E-state index in [4.69, 9.17) is 16.3 Å². The van der Waals surface area contributed by atoms with Crippen LogP contribution in [0, 0.1) is 13.8 Å². The Morgan fingerprint density at radius 1 is 1.12 bits per heavy atom. The van der Waals surface area contributed by atoms with Crippen LogP contribution in [0.15, 0.2) is 42.5 Å². The zero-order valence-corrected chi connectivity index (χ0v) is 20.0. The van der Waals surface area contributed by atoms with Gasteiger partial charge >= 0.3 is 0 Å². The Labute approximate surface area is 196 Å². The summed E-state index contributed by atoms with van der Waals surface area (Å²) in [4.78, 5) is 28.1. The maximum absolute atomic E-state index is 13.3. The minimum Gasteiger partial charge on any atom is -0.483 e. The third kappa shape index (κ3) is 6.49. The highest BCUT2D eigenvalue weighted by Crippen LogP contribution is 2.21. The van der Waals surface area contributed by atoms with Crippen LogP contribution in [-0.2, 0) is 16.1 Å². The van der Waals surface area contributed by atoms with E-state index in [1.165, 1.54) is 0 Å². The molecule has 0 aliphatic heterocycles.